The van der Waals surface area contributed by atoms with Gasteiger partial charge in [-0.25, -0.2) is 9.18 Å². The molecule has 0 aliphatic carbocycles. The summed E-state index contributed by atoms with van der Waals surface area (Å²) in [6.45, 7) is 2.55. The van der Waals surface area contributed by atoms with E-state index in [0.717, 1.165) is 40.3 Å². The van der Waals surface area contributed by atoms with Crippen molar-refractivity contribution in [2.75, 3.05) is 47.0 Å². The van der Waals surface area contributed by atoms with Gasteiger partial charge in [-0.1, -0.05) is 0 Å². The fraction of sp³-hybridized carbons (Fsp3) is 0.292. The van der Waals surface area contributed by atoms with Crippen molar-refractivity contribution in [3.05, 3.63) is 54.5 Å². The van der Waals surface area contributed by atoms with Crippen molar-refractivity contribution in [3.63, 3.8) is 0 Å². The number of hydrogen-bond acceptors (Lipinski definition) is 7. The number of nitrogens with zero attached hydrogens (tertiary/aromatic N) is 3. The van der Waals surface area contributed by atoms with Crippen LogP contribution in [0.2, 0.25) is 0 Å². The number of halogens is 1. The number of nitrogens with one attached hydrogen (secondary N) is 2. The van der Waals surface area contributed by atoms with Gasteiger partial charge in [-0.2, -0.15) is 0 Å². The van der Waals surface area contributed by atoms with Gasteiger partial charge in [-0.3, -0.25) is 14.7 Å². The minimum atomic E-state index is -0.387. The Morgan fingerprint density at radius 2 is 2.03 bits per heavy atom. The zero-order chi connectivity index (χ0) is 23.2. The molecule has 0 saturated carbocycles. The van der Waals surface area contributed by atoms with Gasteiger partial charge in [0, 0.05) is 53.5 Å². The molecule has 0 unspecified atom stereocenters. The summed E-state index contributed by atoms with van der Waals surface area (Å²) in [6.07, 6.45) is 1.09. The van der Waals surface area contributed by atoms with E-state index in [2.05, 4.69) is 20.5 Å². The fourth-order valence-electron chi connectivity index (χ4n) is 4.56. The molecule has 3 aliphatic heterocycles. The van der Waals surface area contributed by atoms with Crippen molar-refractivity contribution in [1.82, 2.24) is 10.3 Å². The maximum Gasteiger partial charge on any atom is 0.414 e. The van der Waals surface area contributed by atoms with Gasteiger partial charge in [0.05, 0.1) is 23.5 Å². The second-order valence-corrected chi connectivity index (χ2v) is 9.65. The van der Waals surface area contributed by atoms with Crippen LogP contribution in [0.1, 0.15) is 0 Å². The van der Waals surface area contributed by atoms with Gasteiger partial charge >= 0.3 is 6.09 Å². The molecule has 2 N–H and O–H groups in total. The van der Waals surface area contributed by atoms with E-state index < -0.39 is 0 Å². The summed E-state index contributed by atoms with van der Waals surface area (Å²) in [5, 5.41) is 7.14. The summed E-state index contributed by atoms with van der Waals surface area (Å²) in [5.74, 6) is 0.0865. The van der Waals surface area contributed by atoms with E-state index in [0.29, 0.717) is 24.5 Å². The molecule has 3 aromatic rings. The Bertz CT molecular complexity index is 1300. The second-order valence-electron chi connectivity index (χ2n) is 8.64. The van der Waals surface area contributed by atoms with E-state index in [9.17, 15) is 14.0 Å². The molecule has 34 heavy (non-hydrogen) atoms. The molecular weight excluding hydrogens is 457 g/mol. The number of cyclic esters (lactones) is 1. The van der Waals surface area contributed by atoms with Crippen LogP contribution >= 0.6 is 11.8 Å². The highest BCUT2D eigenvalue weighted by Gasteiger charge is 2.35. The van der Waals surface area contributed by atoms with Crippen LogP contribution in [0.15, 0.2) is 53.6 Å². The van der Waals surface area contributed by atoms with Crippen LogP contribution in [0.25, 0.3) is 10.9 Å². The van der Waals surface area contributed by atoms with E-state index in [1.807, 2.05) is 24.3 Å². The largest absolute Gasteiger partial charge is 0.443 e. The third-order valence-electron chi connectivity index (χ3n) is 6.32. The molecule has 0 spiro atoms. The predicted molar refractivity (Wildman–Crippen MR) is 129 cm³/mol. The zero-order valence-corrected chi connectivity index (χ0v) is 19.0. The van der Waals surface area contributed by atoms with Crippen molar-refractivity contribution in [1.29, 1.82) is 0 Å². The molecule has 1 aromatic heterocycles. The summed E-state index contributed by atoms with van der Waals surface area (Å²) in [6, 6.07) is 12.4. The Kier molecular flexibility index (Phi) is 5.26. The Labute approximate surface area is 199 Å². The molecule has 2 saturated heterocycles. The van der Waals surface area contributed by atoms with Crippen molar-refractivity contribution in [2.45, 2.75) is 17.0 Å². The lowest BCUT2D eigenvalue weighted by Gasteiger charge is -2.42. The predicted octanol–water partition coefficient (Wildman–Crippen LogP) is 3.22. The number of carbonyl (C=O) groups is 2. The van der Waals surface area contributed by atoms with Gasteiger partial charge < -0.3 is 20.3 Å². The topological polar surface area (TPSA) is 86.8 Å². The average molecular weight is 480 g/mol. The van der Waals surface area contributed by atoms with E-state index in [4.69, 9.17) is 4.74 Å². The molecule has 4 heterocycles. The standard InChI is InChI=1S/C24H22FN5O3S/c25-14-1-3-19-18(7-14)21(5-6-26-19)29-10-15(11-29)27-9-17-12-30(24(32)33-17)16-2-4-22-20(8-16)28-23(31)13-34-22/h1-8,15,17,27H,9-13H2,(H,28,31)/t17-/m1/s1. The van der Waals surface area contributed by atoms with Crippen LogP contribution in [-0.4, -0.2) is 61.1 Å². The maximum atomic E-state index is 13.7. The van der Waals surface area contributed by atoms with Crippen molar-refractivity contribution >= 4 is 51.7 Å². The summed E-state index contributed by atoms with van der Waals surface area (Å²) >= 11 is 1.49. The number of ether oxygens (including phenoxy) is 1. The first-order valence-electron chi connectivity index (χ1n) is 11.1. The normalized spacial score (nSPS) is 20.2. The third-order valence-corrected chi connectivity index (χ3v) is 7.39. The lowest BCUT2D eigenvalue weighted by atomic mass is 10.1. The summed E-state index contributed by atoms with van der Waals surface area (Å²) in [7, 11) is 0. The molecule has 0 bridgehead atoms. The number of amides is 2. The molecular formula is C24H22FN5O3S. The highest BCUT2D eigenvalue weighted by atomic mass is 32.2. The number of thioether (sulfide) groups is 1. The van der Waals surface area contributed by atoms with Gasteiger partial charge in [0.1, 0.15) is 11.9 Å². The lowest BCUT2D eigenvalue weighted by molar-refractivity contribution is -0.113. The van der Waals surface area contributed by atoms with Gasteiger partial charge in [0.2, 0.25) is 5.91 Å². The van der Waals surface area contributed by atoms with Crippen LogP contribution in [0.4, 0.5) is 26.2 Å². The van der Waals surface area contributed by atoms with Crippen LogP contribution in [0.3, 0.4) is 0 Å². The molecule has 2 amide bonds. The Hall–Kier alpha value is -3.37. The number of rotatable bonds is 5. The molecule has 1 atom stereocenters. The van der Waals surface area contributed by atoms with Crippen LogP contribution in [0, 0.1) is 5.82 Å². The number of carbonyl (C=O) groups excluding carboxylic acids is 2. The minimum absolute atomic E-state index is 0.0415. The number of pyridine rings is 1. The Morgan fingerprint density at radius 3 is 2.91 bits per heavy atom. The molecule has 10 heteroatoms. The van der Waals surface area contributed by atoms with E-state index >= 15 is 0 Å². The third kappa shape index (κ3) is 3.92. The van der Waals surface area contributed by atoms with Gasteiger partial charge in [0.15, 0.2) is 0 Å². The number of benzene rings is 2. The van der Waals surface area contributed by atoms with Crippen molar-refractivity contribution in [3.8, 4) is 0 Å². The van der Waals surface area contributed by atoms with E-state index in [1.54, 1.807) is 17.2 Å². The van der Waals surface area contributed by atoms with E-state index in [-0.39, 0.29) is 30.0 Å². The van der Waals surface area contributed by atoms with E-state index in [1.165, 1.54) is 23.9 Å². The second kappa shape index (κ2) is 8.44. The molecule has 0 radical (unpaired) electrons. The Balaban J connectivity index is 1.05. The number of aromatic nitrogens is 1. The summed E-state index contributed by atoms with van der Waals surface area (Å²) < 4.78 is 19.3. The molecule has 174 valence electrons. The van der Waals surface area contributed by atoms with Gasteiger partial charge in [-0.05, 0) is 42.5 Å². The monoisotopic (exact) mass is 479 g/mol. The number of fused-ring (bicyclic) bond motifs is 2. The first kappa shape index (κ1) is 21.2. The number of hydrogen-bond donors (Lipinski definition) is 2. The van der Waals surface area contributed by atoms with Crippen LogP contribution < -0.4 is 20.4 Å². The van der Waals surface area contributed by atoms with Crippen molar-refractivity contribution in [2.24, 2.45) is 0 Å². The fourth-order valence-corrected chi connectivity index (χ4v) is 5.35. The highest BCUT2D eigenvalue weighted by molar-refractivity contribution is 8.00. The van der Waals surface area contributed by atoms with Crippen LogP contribution in [0.5, 0.6) is 0 Å². The summed E-state index contributed by atoms with van der Waals surface area (Å²) in [5.41, 5.74) is 3.18. The Morgan fingerprint density at radius 1 is 1.15 bits per heavy atom. The van der Waals surface area contributed by atoms with Crippen molar-refractivity contribution < 1.29 is 18.7 Å². The first-order chi connectivity index (χ1) is 16.5. The zero-order valence-electron chi connectivity index (χ0n) is 18.2. The molecule has 3 aliphatic rings. The average Bonchev–Trinajstić information content (AvgIpc) is 3.18. The smallest absolute Gasteiger partial charge is 0.414 e. The van der Waals surface area contributed by atoms with Gasteiger partial charge in [0.25, 0.3) is 0 Å². The van der Waals surface area contributed by atoms with Gasteiger partial charge in [-0.15, -0.1) is 11.8 Å². The summed E-state index contributed by atoms with van der Waals surface area (Å²) in [4.78, 5) is 33.3. The quantitative estimate of drug-likeness (QED) is 0.581. The minimum Gasteiger partial charge on any atom is -0.443 e. The molecule has 8 nitrogen and oxygen atoms in total. The number of anilines is 3. The SMILES string of the molecule is O=C1CSc2ccc(N3C[C@@H](CNC4CN(c5ccnc6ccc(F)cc56)C4)OC3=O)cc2N1. The van der Waals surface area contributed by atoms with Crippen LogP contribution in [-0.2, 0) is 9.53 Å². The highest BCUT2D eigenvalue weighted by Crippen LogP contribution is 2.35. The molecule has 2 fully saturated rings. The lowest BCUT2D eigenvalue weighted by Crippen LogP contribution is -2.59. The molecule has 6 rings (SSSR count). The maximum absolute atomic E-state index is 13.7. The first-order valence-corrected chi connectivity index (χ1v) is 12.1. The molecule has 2 aromatic carbocycles.